The first-order valence-corrected chi connectivity index (χ1v) is 8.63. The summed E-state index contributed by atoms with van der Waals surface area (Å²) in [5.74, 6) is 4.71. The van der Waals surface area contributed by atoms with Crippen LogP contribution in [0.25, 0.3) is 0 Å². The molecule has 0 saturated carbocycles. The standard InChI is InChI=1S/C19H18ClF3N4O/c1-10-5-15(21)14(11(2)6-16(18(22)23)28-19(24)25)7-12(10)3-4-17-26-8-13(20)9-27-17/h5,7-9,11,16,18H,6H2,1-2H3,(H3,24,25)/t11-,16+/m1/s1. The van der Waals surface area contributed by atoms with Gasteiger partial charge in [-0.05, 0) is 48.4 Å². The van der Waals surface area contributed by atoms with Gasteiger partial charge in [-0.2, -0.15) is 0 Å². The summed E-state index contributed by atoms with van der Waals surface area (Å²) >= 11 is 5.72. The molecule has 0 unspecified atom stereocenters. The minimum Gasteiger partial charge on any atom is -0.456 e. The quantitative estimate of drug-likeness (QED) is 0.443. The molecule has 0 aliphatic rings. The van der Waals surface area contributed by atoms with Gasteiger partial charge in [0.2, 0.25) is 5.82 Å². The summed E-state index contributed by atoms with van der Waals surface area (Å²) in [5.41, 5.74) is 6.35. The second-order valence-electron chi connectivity index (χ2n) is 6.16. The molecular weight excluding hydrogens is 393 g/mol. The van der Waals surface area contributed by atoms with E-state index in [0.29, 0.717) is 16.1 Å². The predicted octanol–water partition coefficient (Wildman–Crippen LogP) is 4.01. The van der Waals surface area contributed by atoms with E-state index in [1.54, 1.807) is 13.8 Å². The fraction of sp³-hybridized carbons (Fsp3) is 0.316. The van der Waals surface area contributed by atoms with Gasteiger partial charge in [0, 0.05) is 5.56 Å². The molecule has 3 N–H and O–H groups in total. The Morgan fingerprint density at radius 1 is 1.29 bits per heavy atom. The minimum absolute atomic E-state index is 0.213. The molecule has 2 rings (SSSR count). The molecular formula is C19H18ClF3N4O. The minimum atomic E-state index is -2.86. The number of amidine groups is 1. The van der Waals surface area contributed by atoms with Crippen LogP contribution in [0, 0.1) is 30.0 Å². The number of nitrogens with zero attached hydrogens (tertiary/aromatic N) is 2. The topological polar surface area (TPSA) is 84.9 Å². The Labute approximate surface area is 165 Å². The molecule has 0 amide bonds. The van der Waals surface area contributed by atoms with Crippen LogP contribution in [0.3, 0.4) is 0 Å². The first kappa shape index (κ1) is 21.5. The summed E-state index contributed by atoms with van der Waals surface area (Å²) in [6.07, 6.45) is -1.87. The van der Waals surface area contributed by atoms with E-state index in [2.05, 4.69) is 26.5 Å². The van der Waals surface area contributed by atoms with Crippen molar-refractivity contribution in [3.05, 3.63) is 57.9 Å². The van der Waals surface area contributed by atoms with E-state index in [4.69, 9.17) is 22.7 Å². The molecule has 0 aliphatic heterocycles. The smallest absolute Gasteiger partial charge is 0.279 e. The van der Waals surface area contributed by atoms with E-state index < -0.39 is 30.3 Å². The predicted molar refractivity (Wildman–Crippen MR) is 100.0 cm³/mol. The van der Waals surface area contributed by atoms with Crippen LogP contribution in [-0.4, -0.2) is 28.5 Å². The van der Waals surface area contributed by atoms with E-state index in [-0.39, 0.29) is 17.8 Å². The molecule has 0 saturated heterocycles. The number of hydrogen-bond donors (Lipinski definition) is 2. The zero-order valence-corrected chi connectivity index (χ0v) is 15.9. The number of alkyl halides is 2. The molecule has 9 heteroatoms. The van der Waals surface area contributed by atoms with Crippen LogP contribution in [0.15, 0.2) is 24.5 Å². The van der Waals surface area contributed by atoms with Gasteiger partial charge in [0.05, 0.1) is 17.4 Å². The Morgan fingerprint density at radius 3 is 2.50 bits per heavy atom. The number of ether oxygens (including phenoxy) is 1. The lowest BCUT2D eigenvalue weighted by Crippen LogP contribution is -2.30. The van der Waals surface area contributed by atoms with Crippen LogP contribution in [0.1, 0.15) is 41.8 Å². The first-order valence-electron chi connectivity index (χ1n) is 8.25. The van der Waals surface area contributed by atoms with Crippen LogP contribution in [-0.2, 0) is 4.74 Å². The normalized spacial score (nSPS) is 12.8. The maximum Gasteiger partial charge on any atom is 0.279 e. The van der Waals surface area contributed by atoms with Crippen molar-refractivity contribution >= 4 is 17.6 Å². The number of benzene rings is 1. The van der Waals surface area contributed by atoms with Gasteiger partial charge in [-0.25, -0.2) is 23.1 Å². The van der Waals surface area contributed by atoms with E-state index in [0.717, 1.165) is 0 Å². The molecule has 0 bridgehead atoms. The molecule has 1 aromatic heterocycles. The van der Waals surface area contributed by atoms with E-state index in [9.17, 15) is 13.2 Å². The van der Waals surface area contributed by atoms with Gasteiger partial charge in [0.15, 0.2) is 6.10 Å². The molecule has 1 heterocycles. The van der Waals surface area contributed by atoms with Crippen molar-refractivity contribution in [2.24, 2.45) is 5.73 Å². The second-order valence-corrected chi connectivity index (χ2v) is 6.59. The van der Waals surface area contributed by atoms with E-state index in [1.807, 2.05) is 0 Å². The molecule has 0 fully saturated rings. The summed E-state index contributed by atoms with van der Waals surface area (Å²) in [6.45, 7) is 3.28. The van der Waals surface area contributed by atoms with Gasteiger partial charge in [-0.1, -0.05) is 24.4 Å². The average molecular weight is 411 g/mol. The third-order valence-electron chi connectivity index (χ3n) is 3.95. The SMILES string of the molecule is Cc1cc(F)c([C@H](C)C[C@H](OC(=N)N)C(F)F)cc1C#Cc1ncc(Cl)cn1. The van der Waals surface area contributed by atoms with Crippen molar-refractivity contribution in [3.63, 3.8) is 0 Å². The highest BCUT2D eigenvalue weighted by atomic mass is 35.5. The molecule has 0 radical (unpaired) electrons. The summed E-state index contributed by atoms with van der Waals surface area (Å²) in [4.78, 5) is 7.92. The summed E-state index contributed by atoms with van der Waals surface area (Å²) in [6, 6.07) is 1.99. The van der Waals surface area contributed by atoms with Gasteiger partial charge in [0.1, 0.15) is 5.82 Å². The van der Waals surface area contributed by atoms with E-state index in [1.165, 1.54) is 24.5 Å². The lowest BCUT2D eigenvalue weighted by Gasteiger charge is -2.21. The largest absolute Gasteiger partial charge is 0.456 e. The maximum absolute atomic E-state index is 14.4. The highest BCUT2D eigenvalue weighted by Gasteiger charge is 2.27. The fourth-order valence-corrected chi connectivity index (χ4v) is 2.64. The lowest BCUT2D eigenvalue weighted by atomic mass is 9.91. The Hall–Kier alpha value is -2.79. The van der Waals surface area contributed by atoms with Gasteiger partial charge >= 0.3 is 0 Å². The number of nitrogens with one attached hydrogen (secondary N) is 1. The van der Waals surface area contributed by atoms with Crippen LogP contribution in [0.4, 0.5) is 13.2 Å². The van der Waals surface area contributed by atoms with Crippen LogP contribution in [0.2, 0.25) is 5.02 Å². The highest BCUT2D eigenvalue weighted by molar-refractivity contribution is 6.30. The molecule has 5 nitrogen and oxygen atoms in total. The van der Waals surface area contributed by atoms with Crippen LogP contribution in [0.5, 0.6) is 0 Å². The molecule has 0 aliphatic carbocycles. The van der Waals surface area contributed by atoms with Crippen molar-refractivity contribution in [3.8, 4) is 11.8 Å². The van der Waals surface area contributed by atoms with Crippen molar-refractivity contribution < 1.29 is 17.9 Å². The Kier molecular flexibility index (Phi) is 7.24. The number of aryl methyl sites for hydroxylation is 1. The maximum atomic E-state index is 14.4. The monoisotopic (exact) mass is 410 g/mol. The number of rotatable bonds is 5. The molecule has 28 heavy (non-hydrogen) atoms. The zero-order chi connectivity index (χ0) is 20.8. The van der Waals surface area contributed by atoms with Crippen LogP contribution < -0.4 is 5.73 Å². The number of nitrogens with two attached hydrogens (primary N) is 1. The fourth-order valence-electron chi connectivity index (χ4n) is 2.54. The Balaban J connectivity index is 2.29. The molecule has 1 aromatic carbocycles. The van der Waals surface area contributed by atoms with Gasteiger partial charge in [-0.3, -0.25) is 5.41 Å². The highest BCUT2D eigenvalue weighted by Crippen LogP contribution is 2.28. The first-order chi connectivity index (χ1) is 13.2. The lowest BCUT2D eigenvalue weighted by molar-refractivity contribution is -0.00484. The summed E-state index contributed by atoms with van der Waals surface area (Å²) < 4.78 is 45.3. The second kappa shape index (κ2) is 9.42. The summed E-state index contributed by atoms with van der Waals surface area (Å²) in [7, 11) is 0. The van der Waals surface area contributed by atoms with Crippen LogP contribution >= 0.6 is 11.6 Å². The average Bonchev–Trinajstić information content (AvgIpc) is 2.61. The van der Waals surface area contributed by atoms with Gasteiger partial charge in [-0.15, -0.1) is 0 Å². The number of hydrogen-bond acceptors (Lipinski definition) is 4. The molecule has 2 atom stereocenters. The summed E-state index contributed by atoms with van der Waals surface area (Å²) in [5, 5.41) is 7.41. The third-order valence-corrected chi connectivity index (χ3v) is 4.14. The van der Waals surface area contributed by atoms with E-state index >= 15 is 0 Å². The van der Waals surface area contributed by atoms with Crippen molar-refractivity contribution in [1.82, 2.24) is 9.97 Å². The zero-order valence-electron chi connectivity index (χ0n) is 15.1. The Bertz CT molecular complexity index is 910. The van der Waals surface area contributed by atoms with Gasteiger partial charge < -0.3 is 10.5 Å². The van der Waals surface area contributed by atoms with Crippen molar-refractivity contribution in [1.29, 1.82) is 5.41 Å². The molecule has 2 aromatic rings. The van der Waals surface area contributed by atoms with Crippen molar-refractivity contribution in [2.75, 3.05) is 0 Å². The third kappa shape index (κ3) is 5.86. The molecule has 0 spiro atoms. The van der Waals surface area contributed by atoms with Gasteiger partial charge in [0.25, 0.3) is 12.4 Å². The number of halogens is 4. The van der Waals surface area contributed by atoms with Crippen molar-refractivity contribution in [2.45, 2.75) is 38.7 Å². The Morgan fingerprint density at radius 2 is 1.93 bits per heavy atom. The molecule has 148 valence electrons. The number of aromatic nitrogens is 2.